The van der Waals surface area contributed by atoms with Crippen LogP contribution in [0.3, 0.4) is 0 Å². The molecule has 1 unspecified atom stereocenters. The Morgan fingerprint density at radius 1 is 1.19 bits per heavy atom. The summed E-state index contributed by atoms with van der Waals surface area (Å²) in [7, 11) is 2.85. The molecule has 31 heavy (non-hydrogen) atoms. The molecule has 0 spiro atoms. The van der Waals surface area contributed by atoms with Gasteiger partial charge in [0.1, 0.15) is 10.8 Å². The fourth-order valence-corrected chi connectivity index (χ4v) is 3.13. The van der Waals surface area contributed by atoms with Crippen molar-refractivity contribution in [3.63, 3.8) is 0 Å². The largest absolute Gasteiger partial charge is 0.493 e. The third-order valence-electron chi connectivity index (χ3n) is 4.57. The number of benzene rings is 2. The van der Waals surface area contributed by atoms with Crippen LogP contribution >= 0.6 is 11.6 Å². The maximum atomic E-state index is 14.5. The minimum atomic E-state index is -0.638. The Morgan fingerprint density at radius 2 is 1.81 bits per heavy atom. The van der Waals surface area contributed by atoms with E-state index in [-0.39, 0.29) is 27.7 Å². The number of aromatic nitrogens is 2. The Balaban J connectivity index is 1.90. The number of hydrogen-bond acceptors (Lipinski definition) is 7. The Hall–Kier alpha value is -3.66. The molecule has 1 heterocycles. The van der Waals surface area contributed by atoms with Crippen LogP contribution in [0.25, 0.3) is 5.69 Å². The van der Waals surface area contributed by atoms with Gasteiger partial charge in [-0.1, -0.05) is 11.6 Å². The highest BCUT2D eigenvalue weighted by atomic mass is 35.5. The molecule has 0 aliphatic carbocycles. The number of anilines is 1. The van der Waals surface area contributed by atoms with Crippen molar-refractivity contribution in [3.05, 3.63) is 79.5 Å². The van der Waals surface area contributed by atoms with E-state index in [9.17, 15) is 19.3 Å². The quantitative estimate of drug-likeness (QED) is 0.427. The molecule has 9 nitrogen and oxygen atoms in total. The summed E-state index contributed by atoms with van der Waals surface area (Å²) >= 11 is 6.23. The minimum absolute atomic E-state index is 0.119. The number of nitrogens with one attached hydrogen (secondary N) is 1. The summed E-state index contributed by atoms with van der Waals surface area (Å²) < 4.78 is 25.8. The van der Waals surface area contributed by atoms with E-state index in [4.69, 9.17) is 21.1 Å². The third-order valence-corrected chi connectivity index (χ3v) is 4.93. The van der Waals surface area contributed by atoms with E-state index in [1.54, 1.807) is 6.92 Å². The third kappa shape index (κ3) is 4.43. The smallest absolute Gasteiger partial charge is 0.292 e. The fraction of sp³-hybridized carbons (Fsp3) is 0.200. The van der Waals surface area contributed by atoms with Gasteiger partial charge in [-0.2, -0.15) is 9.78 Å². The van der Waals surface area contributed by atoms with Gasteiger partial charge in [0, 0.05) is 23.8 Å². The van der Waals surface area contributed by atoms with Crippen LogP contribution in [0.5, 0.6) is 11.5 Å². The number of nitrogens with zero attached hydrogens (tertiary/aromatic N) is 3. The zero-order valence-corrected chi connectivity index (χ0v) is 17.5. The van der Waals surface area contributed by atoms with Crippen LogP contribution < -0.4 is 20.3 Å². The van der Waals surface area contributed by atoms with Crippen LogP contribution in [0.4, 0.5) is 15.8 Å². The molecule has 3 rings (SSSR count). The van der Waals surface area contributed by atoms with Crippen LogP contribution in [-0.2, 0) is 0 Å². The number of methoxy groups -OCH3 is 2. The molecule has 11 heteroatoms. The molecule has 1 aromatic heterocycles. The first-order valence-electron chi connectivity index (χ1n) is 8.97. The van der Waals surface area contributed by atoms with E-state index in [2.05, 4.69) is 10.4 Å². The molecule has 0 saturated carbocycles. The van der Waals surface area contributed by atoms with Gasteiger partial charge in [0.2, 0.25) is 0 Å². The summed E-state index contributed by atoms with van der Waals surface area (Å²) in [6, 6.07) is 7.39. The average molecular weight is 449 g/mol. The Morgan fingerprint density at radius 3 is 2.39 bits per heavy atom. The average Bonchev–Trinajstić information content (AvgIpc) is 2.76. The van der Waals surface area contributed by atoms with Crippen molar-refractivity contribution in [1.82, 2.24) is 9.78 Å². The second kappa shape index (κ2) is 9.00. The van der Waals surface area contributed by atoms with Crippen molar-refractivity contribution < 1.29 is 18.8 Å². The van der Waals surface area contributed by atoms with Gasteiger partial charge in [0.15, 0.2) is 11.5 Å². The predicted molar refractivity (Wildman–Crippen MR) is 113 cm³/mol. The molecule has 0 amide bonds. The standard InChI is InChI=1S/C20H18ClFN4O5/c1-11(14-8-17(30-2)18(31-3)9-15(14)22)24-16-10-23-25(20(27)19(16)21)12-4-6-13(7-5-12)26(28)29/h4-11,24H,1-3H3. The predicted octanol–water partition coefficient (Wildman–Crippen LogP) is 4.12. The van der Waals surface area contributed by atoms with Gasteiger partial charge in [0.25, 0.3) is 11.2 Å². The Kier molecular flexibility index (Phi) is 6.40. The lowest BCUT2D eigenvalue weighted by molar-refractivity contribution is -0.384. The molecule has 162 valence electrons. The molecule has 0 aliphatic rings. The molecule has 0 radical (unpaired) electrons. The van der Waals surface area contributed by atoms with Crippen LogP contribution in [0.2, 0.25) is 5.02 Å². The first-order valence-corrected chi connectivity index (χ1v) is 9.35. The number of ether oxygens (including phenoxy) is 2. The number of rotatable bonds is 7. The van der Waals surface area contributed by atoms with E-state index in [1.807, 2.05) is 0 Å². The maximum absolute atomic E-state index is 14.5. The lowest BCUT2D eigenvalue weighted by atomic mass is 10.1. The molecule has 1 N–H and O–H groups in total. The van der Waals surface area contributed by atoms with Crippen molar-refractivity contribution in [1.29, 1.82) is 0 Å². The van der Waals surface area contributed by atoms with Gasteiger partial charge >= 0.3 is 0 Å². The second-order valence-electron chi connectivity index (χ2n) is 6.46. The summed E-state index contributed by atoms with van der Waals surface area (Å²) in [6.45, 7) is 1.68. The lowest BCUT2D eigenvalue weighted by Gasteiger charge is -2.19. The first-order chi connectivity index (χ1) is 14.8. The summed E-state index contributed by atoms with van der Waals surface area (Å²) in [5, 5.41) is 17.6. The van der Waals surface area contributed by atoms with Crippen LogP contribution in [0.1, 0.15) is 18.5 Å². The van der Waals surface area contributed by atoms with Crippen LogP contribution in [-0.4, -0.2) is 28.9 Å². The second-order valence-corrected chi connectivity index (χ2v) is 6.84. The molecule has 2 aromatic carbocycles. The first kappa shape index (κ1) is 22.0. The molecule has 0 fully saturated rings. The summed E-state index contributed by atoms with van der Waals surface area (Å²) in [6.07, 6.45) is 1.32. The number of nitro groups is 1. The minimum Gasteiger partial charge on any atom is -0.493 e. The molecule has 0 saturated heterocycles. The van der Waals surface area contributed by atoms with Gasteiger partial charge in [-0.3, -0.25) is 14.9 Å². The van der Waals surface area contributed by atoms with Gasteiger partial charge in [-0.05, 0) is 25.1 Å². The monoisotopic (exact) mass is 448 g/mol. The molecule has 0 bridgehead atoms. The van der Waals surface area contributed by atoms with Gasteiger partial charge < -0.3 is 14.8 Å². The Bertz CT molecular complexity index is 1180. The van der Waals surface area contributed by atoms with E-state index < -0.39 is 22.3 Å². The highest BCUT2D eigenvalue weighted by Crippen LogP contribution is 2.34. The molecule has 1 atom stereocenters. The number of nitro benzene ring substituents is 1. The van der Waals surface area contributed by atoms with E-state index >= 15 is 0 Å². The van der Waals surface area contributed by atoms with Crippen molar-refractivity contribution >= 4 is 23.0 Å². The highest BCUT2D eigenvalue weighted by Gasteiger charge is 2.19. The molecular weight excluding hydrogens is 431 g/mol. The number of hydrogen-bond donors (Lipinski definition) is 1. The van der Waals surface area contributed by atoms with E-state index in [0.29, 0.717) is 11.4 Å². The molecule has 0 aliphatic heterocycles. The summed E-state index contributed by atoms with van der Waals surface area (Å²) in [5.74, 6) is 0.0765. The fourth-order valence-electron chi connectivity index (χ4n) is 2.95. The SMILES string of the molecule is COc1cc(F)c(C(C)Nc2cnn(-c3ccc([N+](=O)[O-])cc3)c(=O)c2Cl)cc1OC. The van der Waals surface area contributed by atoms with Crippen molar-refractivity contribution in [2.24, 2.45) is 0 Å². The number of non-ortho nitro benzene ring substituents is 1. The lowest BCUT2D eigenvalue weighted by Crippen LogP contribution is -2.23. The Labute approximate surface area is 181 Å². The zero-order valence-electron chi connectivity index (χ0n) is 16.8. The van der Waals surface area contributed by atoms with Gasteiger partial charge in [-0.25, -0.2) is 4.39 Å². The van der Waals surface area contributed by atoms with E-state index in [1.165, 1.54) is 56.8 Å². The van der Waals surface area contributed by atoms with Crippen LogP contribution in [0.15, 0.2) is 47.4 Å². The summed E-state index contributed by atoms with van der Waals surface area (Å²) in [5.41, 5.74) is 0.0234. The van der Waals surface area contributed by atoms with Crippen LogP contribution in [0, 0.1) is 15.9 Å². The topological polar surface area (TPSA) is 109 Å². The molecular formula is C20H18ClFN4O5. The molecule has 3 aromatic rings. The number of halogens is 2. The van der Waals surface area contributed by atoms with Crippen molar-refractivity contribution in [3.8, 4) is 17.2 Å². The van der Waals surface area contributed by atoms with Crippen molar-refractivity contribution in [2.75, 3.05) is 19.5 Å². The normalized spacial score (nSPS) is 11.6. The zero-order chi connectivity index (χ0) is 22.7. The maximum Gasteiger partial charge on any atom is 0.292 e. The van der Waals surface area contributed by atoms with Gasteiger partial charge in [0.05, 0.1) is 42.8 Å². The highest BCUT2D eigenvalue weighted by molar-refractivity contribution is 6.33. The van der Waals surface area contributed by atoms with Gasteiger partial charge in [-0.15, -0.1) is 0 Å². The van der Waals surface area contributed by atoms with E-state index in [0.717, 1.165) is 4.68 Å². The van der Waals surface area contributed by atoms with Crippen molar-refractivity contribution in [2.45, 2.75) is 13.0 Å². The summed E-state index contributed by atoms with van der Waals surface area (Å²) in [4.78, 5) is 22.9.